The van der Waals surface area contributed by atoms with Gasteiger partial charge >= 0.3 is 0 Å². The lowest BCUT2D eigenvalue weighted by Crippen LogP contribution is -2.30. The zero-order valence-electron chi connectivity index (χ0n) is 19.4. The number of amides is 1. The second-order valence-corrected chi connectivity index (χ2v) is 10.6. The molecule has 0 unspecified atom stereocenters. The molecule has 0 aliphatic carbocycles. The van der Waals surface area contributed by atoms with Gasteiger partial charge in [-0.15, -0.1) is 0 Å². The van der Waals surface area contributed by atoms with Crippen molar-refractivity contribution in [1.82, 2.24) is 4.90 Å². The van der Waals surface area contributed by atoms with Gasteiger partial charge < -0.3 is 19.5 Å². The fraction of sp³-hybridized carbons (Fsp3) is 0.222. The molecule has 0 saturated carbocycles. The molecule has 8 heteroatoms. The third-order valence-corrected chi connectivity index (χ3v) is 8.26. The first kappa shape index (κ1) is 23.0. The van der Waals surface area contributed by atoms with Crippen molar-refractivity contribution >= 4 is 15.7 Å². The summed E-state index contributed by atoms with van der Waals surface area (Å²) in [4.78, 5) is 14.4. The minimum atomic E-state index is -4.16. The zero-order valence-corrected chi connectivity index (χ0v) is 20.2. The Bertz CT molecular complexity index is 1430. The van der Waals surface area contributed by atoms with Crippen molar-refractivity contribution in [1.29, 1.82) is 0 Å². The van der Waals surface area contributed by atoms with Crippen molar-refractivity contribution in [2.24, 2.45) is 0 Å². The number of fused-ring (bicyclic) bond motifs is 1. The van der Waals surface area contributed by atoms with Crippen LogP contribution in [-0.4, -0.2) is 31.1 Å². The van der Waals surface area contributed by atoms with Crippen LogP contribution in [0, 0.1) is 6.92 Å². The van der Waals surface area contributed by atoms with Gasteiger partial charge in [0.25, 0.3) is 5.91 Å². The molecular formula is C27H25NO6S. The van der Waals surface area contributed by atoms with E-state index >= 15 is 0 Å². The molecule has 5 rings (SSSR count). The highest BCUT2D eigenvalue weighted by molar-refractivity contribution is 7.95. The number of hydrogen-bond acceptors (Lipinski definition) is 6. The molecule has 35 heavy (non-hydrogen) atoms. The van der Waals surface area contributed by atoms with Gasteiger partial charge in [0.2, 0.25) is 16.6 Å². The Balaban J connectivity index is 1.60. The summed E-state index contributed by atoms with van der Waals surface area (Å²) >= 11 is 0. The molecule has 1 atom stereocenters. The molecule has 2 aliphatic heterocycles. The third kappa shape index (κ3) is 4.04. The van der Waals surface area contributed by atoms with Crippen LogP contribution in [-0.2, 0) is 27.6 Å². The van der Waals surface area contributed by atoms with Crippen LogP contribution in [0.15, 0.2) is 82.3 Å². The van der Waals surface area contributed by atoms with Gasteiger partial charge in [-0.25, -0.2) is 8.42 Å². The minimum absolute atomic E-state index is 0.0255. The Morgan fingerprint density at radius 1 is 0.943 bits per heavy atom. The lowest BCUT2D eigenvalue weighted by Gasteiger charge is -2.27. The number of carbonyl (C=O) groups excluding carboxylic acids is 1. The van der Waals surface area contributed by atoms with Crippen LogP contribution >= 0.6 is 0 Å². The number of sulfone groups is 1. The fourth-order valence-corrected chi connectivity index (χ4v) is 6.06. The van der Waals surface area contributed by atoms with Crippen molar-refractivity contribution in [3.8, 4) is 11.5 Å². The number of aliphatic hydroxyl groups excluding tert-OH is 1. The zero-order chi connectivity index (χ0) is 24.7. The maximum absolute atomic E-state index is 13.7. The molecule has 0 aromatic heterocycles. The summed E-state index contributed by atoms with van der Waals surface area (Å²) in [5.41, 5.74) is 3.31. The van der Waals surface area contributed by atoms with Crippen LogP contribution in [0.3, 0.4) is 0 Å². The highest BCUT2D eigenvalue weighted by atomic mass is 32.2. The van der Waals surface area contributed by atoms with Crippen LogP contribution in [0.2, 0.25) is 0 Å². The number of ether oxygens (including phenoxy) is 2. The van der Waals surface area contributed by atoms with Crippen LogP contribution < -0.4 is 9.47 Å². The predicted molar refractivity (Wildman–Crippen MR) is 130 cm³/mol. The Morgan fingerprint density at radius 2 is 1.60 bits per heavy atom. The second-order valence-electron chi connectivity index (χ2n) is 8.65. The van der Waals surface area contributed by atoms with Crippen LogP contribution in [0.1, 0.15) is 35.2 Å². The topological polar surface area (TPSA) is 93.1 Å². The van der Waals surface area contributed by atoms with E-state index in [0.29, 0.717) is 17.1 Å². The molecule has 0 radical (unpaired) electrons. The van der Waals surface area contributed by atoms with Gasteiger partial charge in [0.1, 0.15) is 4.91 Å². The number of rotatable bonds is 6. The molecule has 0 bridgehead atoms. The third-order valence-electron chi connectivity index (χ3n) is 6.37. The van der Waals surface area contributed by atoms with E-state index in [4.69, 9.17) is 9.47 Å². The van der Waals surface area contributed by atoms with E-state index in [1.807, 2.05) is 38.1 Å². The number of carbonyl (C=O) groups is 1. The molecular weight excluding hydrogens is 466 g/mol. The monoisotopic (exact) mass is 491 g/mol. The molecule has 0 saturated heterocycles. The first-order chi connectivity index (χ1) is 16.8. The summed E-state index contributed by atoms with van der Waals surface area (Å²) < 4.78 is 38.3. The average Bonchev–Trinajstić information content (AvgIpc) is 3.42. The van der Waals surface area contributed by atoms with Crippen molar-refractivity contribution < 1.29 is 27.8 Å². The minimum Gasteiger partial charge on any atom is -0.502 e. The standard InChI is InChI=1S/C27H25NO6S/c1-3-18-6-9-20(10-7-18)24-26(35(31,32)21-11-4-17(2)5-12-21)25(29)27(30)28(24)15-19-8-13-22-23(14-19)34-16-33-22/h4-14,24,29H,3,15-16H2,1-2H3/t24-/m1/s1. The SMILES string of the molecule is CCc1ccc([C@@H]2C(S(=O)(=O)c3ccc(C)cc3)=C(O)C(=O)N2Cc2ccc3c(c2)OCO3)cc1. The van der Waals surface area contributed by atoms with Crippen molar-refractivity contribution in [3.05, 3.63) is 99.6 Å². The number of nitrogens with zero attached hydrogens (tertiary/aromatic N) is 1. The summed E-state index contributed by atoms with van der Waals surface area (Å²) in [6.07, 6.45) is 0.820. The normalized spacial score (nSPS) is 17.4. The Morgan fingerprint density at radius 3 is 2.29 bits per heavy atom. The maximum Gasteiger partial charge on any atom is 0.290 e. The summed E-state index contributed by atoms with van der Waals surface area (Å²) in [7, 11) is -4.16. The number of benzene rings is 3. The van der Waals surface area contributed by atoms with Gasteiger partial charge in [-0.1, -0.05) is 55.0 Å². The fourth-order valence-electron chi connectivity index (χ4n) is 4.41. The predicted octanol–water partition coefficient (Wildman–Crippen LogP) is 4.61. The average molecular weight is 492 g/mol. The Hall–Kier alpha value is -3.78. The number of aliphatic hydroxyl groups is 1. The van der Waals surface area contributed by atoms with E-state index in [9.17, 15) is 18.3 Å². The van der Waals surface area contributed by atoms with E-state index in [-0.39, 0.29) is 23.1 Å². The van der Waals surface area contributed by atoms with E-state index in [1.165, 1.54) is 17.0 Å². The van der Waals surface area contributed by atoms with E-state index in [0.717, 1.165) is 23.1 Å². The molecule has 1 N–H and O–H groups in total. The lowest BCUT2D eigenvalue weighted by atomic mass is 10.0. The largest absolute Gasteiger partial charge is 0.502 e. The molecule has 1 amide bonds. The van der Waals surface area contributed by atoms with Gasteiger partial charge in [-0.3, -0.25) is 4.79 Å². The van der Waals surface area contributed by atoms with E-state index in [2.05, 4.69) is 0 Å². The highest BCUT2D eigenvalue weighted by Gasteiger charge is 2.46. The van der Waals surface area contributed by atoms with Crippen LogP contribution in [0.5, 0.6) is 11.5 Å². The molecule has 2 heterocycles. The summed E-state index contributed by atoms with van der Waals surface area (Å²) in [6.45, 7) is 4.08. The van der Waals surface area contributed by atoms with Gasteiger partial charge in [-0.05, 0) is 54.3 Å². The Kier molecular flexibility index (Phi) is 5.76. The van der Waals surface area contributed by atoms with Crippen molar-refractivity contribution in [2.45, 2.75) is 37.8 Å². The molecule has 7 nitrogen and oxygen atoms in total. The quantitative estimate of drug-likeness (QED) is 0.541. The van der Waals surface area contributed by atoms with Crippen molar-refractivity contribution in [2.75, 3.05) is 6.79 Å². The van der Waals surface area contributed by atoms with Gasteiger partial charge in [0.05, 0.1) is 10.9 Å². The molecule has 0 spiro atoms. The van der Waals surface area contributed by atoms with Gasteiger partial charge in [-0.2, -0.15) is 0 Å². The van der Waals surface area contributed by atoms with E-state index < -0.39 is 27.5 Å². The van der Waals surface area contributed by atoms with Crippen molar-refractivity contribution in [3.63, 3.8) is 0 Å². The van der Waals surface area contributed by atoms with Crippen LogP contribution in [0.4, 0.5) is 0 Å². The molecule has 3 aromatic rings. The smallest absolute Gasteiger partial charge is 0.290 e. The first-order valence-electron chi connectivity index (χ1n) is 11.3. The lowest BCUT2D eigenvalue weighted by molar-refractivity contribution is -0.130. The Labute approximate surface area is 204 Å². The first-order valence-corrected chi connectivity index (χ1v) is 12.8. The molecule has 3 aromatic carbocycles. The molecule has 2 aliphatic rings. The van der Waals surface area contributed by atoms with Crippen LogP contribution in [0.25, 0.3) is 0 Å². The summed E-state index contributed by atoms with van der Waals surface area (Å²) in [5, 5.41) is 10.9. The summed E-state index contributed by atoms with van der Waals surface area (Å²) in [5.74, 6) is -0.326. The highest BCUT2D eigenvalue weighted by Crippen LogP contribution is 2.44. The second kappa shape index (κ2) is 8.78. The molecule has 0 fully saturated rings. The molecule has 180 valence electrons. The number of aryl methyl sites for hydroxylation is 2. The maximum atomic E-state index is 13.7. The van der Waals surface area contributed by atoms with E-state index in [1.54, 1.807) is 30.3 Å². The van der Waals surface area contributed by atoms with Gasteiger partial charge in [0, 0.05) is 6.54 Å². The summed E-state index contributed by atoms with van der Waals surface area (Å²) in [6, 6.07) is 18.1. The van der Waals surface area contributed by atoms with Gasteiger partial charge in [0.15, 0.2) is 17.3 Å². The number of hydrogen-bond donors (Lipinski definition) is 1.